The highest BCUT2D eigenvalue weighted by Crippen LogP contribution is 2.44. The van der Waals surface area contributed by atoms with Crippen LogP contribution < -0.4 is 5.73 Å². The molecule has 4 N–H and O–H groups in total. The largest absolute Gasteiger partial charge is 0.375 e. The third-order valence-electron chi connectivity index (χ3n) is 5.48. The predicted octanol–water partition coefficient (Wildman–Crippen LogP) is 2.37. The number of benzene rings is 1. The van der Waals surface area contributed by atoms with Crippen LogP contribution in [0.5, 0.6) is 0 Å². The fourth-order valence-corrected chi connectivity index (χ4v) is 4.24. The highest BCUT2D eigenvalue weighted by atomic mass is 16.3. The van der Waals surface area contributed by atoms with Crippen molar-refractivity contribution in [2.75, 3.05) is 13.1 Å². The lowest BCUT2D eigenvalue weighted by Crippen LogP contribution is -2.51. The summed E-state index contributed by atoms with van der Waals surface area (Å²) in [7, 11) is 0. The van der Waals surface area contributed by atoms with E-state index in [-0.39, 0.29) is 5.54 Å². The first-order valence-electron chi connectivity index (χ1n) is 7.93. The van der Waals surface area contributed by atoms with Gasteiger partial charge in [0.25, 0.3) is 0 Å². The van der Waals surface area contributed by atoms with E-state index in [0.29, 0.717) is 0 Å². The second-order valence-electron chi connectivity index (χ2n) is 6.70. The minimum absolute atomic E-state index is 0.145. The van der Waals surface area contributed by atoms with Gasteiger partial charge in [0, 0.05) is 23.1 Å². The third-order valence-corrected chi connectivity index (χ3v) is 5.48. The molecule has 4 nitrogen and oxygen atoms in total. The summed E-state index contributed by atoms with van der Waals surface area (Å²) < 4.78 is 0. The Morgan fingerprint density at radius 1 is 1.33 bits per heavy atom. The molecule has 0 saturated carbocycles. The maximum Gasteiger partial charge on any atom is 0.128 e. The van der Waals surface area contributed by atoms with Crippen molar-refractivity contribution < 1.29 is 5.11 Å². The van der Waals surface area contributed by atoms with Crippen LogP contribution in [0.3, 0.4) is 0 Å². The smallest absolute Gasteiger partial charge is 0.128 e. The van der Waals surface area contributed by atoms with Gasteiger partial charge in [-0.15, -0.1) is 0 Å². The van der Waals surface area contributed by atoms with E-state index in [4.69, 9.17) is 5.73 Å². The van der Waals surface area contributed by atoms with Crippen LogP contribution in [0.1, 0.15) is 49.2 Å². The van der Waals surface area contributed by atoms with Crippen molar-refractivity contribution in [3.8, 4) is 0 Å². The van der Waals surface area contributed by atoms with Gasteiger partial charge < -0.3 is 15.8 Å². The van der Waals surface area contributed by atoms with E-state index < -0.39 is 6.23 Å². The molecule has 3 heterocycles. The van der Waals surface area contributed by atoms with E-state index in [1.165, 1.54) is 42.5 Å². The summed E-state index contributed by atoms with van der Waals surface area (Å²) >= 11 is 0. The third kappa shape index (κ3) is 1.86. The molecule has 112 valence electrons. The van der Waals surface area contributed by atoms with Gasteiger partial charge in [-0.1, -0.05) is 12.1 Å². The number of nitrogens with one attached hydrogen (secondary N) is 1. The Morgan fingerprint density at radius 3 is 3.00 bits per heavy atom. The number of H-pyrrole nitrogens is 1. The van der Waals surface area contributed by atoms with Crippen molar-refractivity contribution in [1.29, 1.82) is 0 Å². The summed E-state index contributed by atoms with van der Waals surface area (Å²) in [4.78, 5) is 6.27. The monoisotopic (exact) mass is 285 g/mol. The molecule has 2 aliphatic rings. The van der Waals surface area contributed by atoms with Crippen molar-refractivity contribution in [1.82, 2.24) is 9.88 Å². The number of aromatic amines is 1. The highest BCUT2D eigenvalue weighted by Gasteiger charge is 2.41. The molecule has 1 aromatic heterocycles. The molecule has 1 fully saturated rings. The van der Waals surface area contributed by atoms with Gasteiger partial charge in [-0.25, -0.2) is 0 Å². The van der Waals surface area contributed by atoms with Gasteiger partial charge in [0.05, 0.1) is 5.54 Å². The van der Waals surface area contributed by atoms with Crippen LogP contribution in [0.4, 0.5) is 0 Å². The zero-order valence-electron chi connectivity index (χ0n) is 12.5. The number of aliphatic hydroxyl groups excluding tert-OH is 1. The molecule has 2 aliphatic heterocycles. The first kappa shape index (κ1) is 13.3. The molecule has 0 bridgehead atoms. The molecule has 21 heavy (non-hydrogen) atoms. The molecular formula is C17H23N3O. The Kier molecular flexibility index (Phi) is 2.89. The van der Waals surface area contributed by atoms with E-state index >= 15 is 0 Å². The second-order valence-corrected chi connectivity index (χ2v) is 6.70. The van der Waals surface area contributed by atoms with E-state index in [9.17, 15) is 5.11 Å². The summed E-state index contributed by atoms with van der Waals surface area (Å²) in [6.07, 6.45) is 4.04. The molecule has 0 aliphatic carbocycles. The van der Waals surface area contributed by atoms with Crippen molar-refractivity contribution >= 4 is 10.9 Å². The normalized spacial score (nSPS) is 27.4. The maximum absolute atomic E-state index is 9.58. The first-order valence-corrected chi connectivity index (χ1v) is 7.93. The van der Waals surface area contributed by atoms with E-state index in [2.05, 4.69) is 22.9 Å². The fraction of sp³-hybridized carbons (Fsp3) is 0.529. The number of hydrogen-bond donors (Lipinski definition) is 3. The molecule has 1 aromatic carbocycles. The Labute approximate surface area is 124 Å². The zero-order chi connectivity index (χ0) is 14.6. The molecule has 1 saturated heterocycles. The first-order chi connectivity index (χ1) is 10.1. The summed E-state index contributed by atoms with van der Waals surface area (Å²) in [5.41, 5.74) is 10.5. The lowest BCUT2D eigenvalue weighted by atomic mass is 9.80. The standard InChI is InChI=1S/C17H23N3O/c1-17-7-2-3-8-20(17)9-6-13-12-5-4-11(16(18)21)10-14(12)19-15(13)17/h4-5,10,16,19,21H,2-3,6-9,18H2,1H3. The van der Waals surface area contributed by atoms with Gasteiger partial charge in [-0.2, -0.15) is 0 Å². The molecule has 0 amide bonds. The average molecular weight is 285 g/mol. The molecule has 0 spiro atoms. The van der Waals surface area contributed by atoms with Gasteiger partial charge in [-0.05, 0) is 56.3 Å². The van der Waals surface area contributed by atoms with Crippen molar-refractivity contribution in [3.63, 3.8) is 0 Å². The molecule has 4 rings (SSSR count). The summed E-state index contributed by atoms with van der Waals surface area (Å²) in [6.45, 7) is 4.73. The molecule has 2 aromatic rings. The minimum Gasteiger partial charge on any atom is -0.375 e. The molecule has 2 unspecified atom stereocenters. The molecule has 2 atom stereocenters. The average Bonchev–Trinajstić information content (AvgIpc) is 2.86. The molecule has 4 heteroatoms. The zero-order valence-corrected chi connectivity index (χ0v) is 12.5. The van der Waals surface area contributed by atoms with Crippen molar-refractivity contribution in [2.45, 2.75) is 44.4 Å². The quantitative estimate of drug-likeness (QED) is 0.705. The van der Waals surface area contributed by atoms with Crippen molar-refractivity contribution in [3.05, 3.63) is 35.0 Å². The number of hydrogen-bond acceptors (Lipinski definition) is 3. The Morgan fingerprint density at radius 2 is 2.19 bits per heavy atom. The van der Waals surface area contributed by atoms with Gasteiger partial charge in [-0.3, -0.25) is 4.90 Å². The molecular weight excluding hydrogens is 262 g/mol. The van der Waals surface area contributed by atoms with Crippen molar-refractivity contribution in [2.24, 2.45) is 5.73 Å². The lowest BCUT2D eigenvalue weighted by molar-refractivity contribution is 0.0464. The van der Waals surface area contributed by atoms with Gasteiger partial charge in [0.1, 0.15) is 6.23 Å². The van der Waals surface area contributed by atoms with E-state index in [1.54, 1.807) is 0 Å². The number of fused-ring (bicyclic) bond motifs is 5. The number of aliphatic hydroxyl groups is 1. The molecule has 0 radical (unpaired) electrons. The Hall–Kier alpha value is -1.36. The number of rotatable bonds is 1. The minimum atomic E-state index is -0.906. The van der Waals surface area contributed by atoms with Gasteiger partial charge in [0.15, 0.2) is 0 Å². The summed E-state index contributed by atoms with van der Waals surface area (Å²) in [5.74, 6) is 0. The van der Waals surface area contributed by atoms with E-state index in [0.717, 1.165) is 24.0 Å². The highest BCUT2D eigenvalue weighted by molar-refractivity contribution is 5.86. The predicted molar refractivity (Wildman–Crippen MR) is 83.9 cm³/mol. The SMILES string of the molecule is CC12CCCCN1CCc1c2[nH]c2cc(C(N)O)ccc12. The van der Waals surface area contributed by atoms with Gasteiger partial charge in [0.2, 0.25) is 0 Å². The van der Waals surface area contributed by atoms with Crippen LogP contribution in [0.2, 0.25) is 0 Å². The van der Waals surface area contributed by atoms with Crippen LogP contribution in [-0.2, 0) is 12.0 Å². The van der Waals surface area contributed by atoms with E-state index in [1.807, 2.05) is 12.1 Å². The van der Waals surface area contributed by atoms with Crippen LogP contribution in [0, 0.1) is 0 Å². The fourth-order valence-electron chi connectivity index (χ4n) is 4.24. The number of aromatic nitrogens is 1. The van der Waals surface area contributed by atoms with Crippen LogP contribution in [0.25, 0.3) is 10.9 Å². The van der Waals surface area contributed by atoms with Crippen LogP contribution >= 0.6 is 0 Å². The number of nitrogens with zero attached hydrogens (tertiary/aromatic N) is 1. The Balaban J connectivity index is 1.89. The Bertz CT molecular complexity index is 691. The topological polar surface area (TPSA) is 65.3 Å². The van der Waals surface area contributed by atoms with Crippen LogP contribution in [0.15, 0.2) is 18.2 Å². The van der Waals surface area contributed by atoms with Gasteiger partial charge >= 0.3 is 0 Å². The van der Waals surface area contributed by atoms with Crippen LogP contribution in [-0.4, -0.2) is 28.1 Å². The maximum atomic E-state index is 9.58. The lowest BCUT2D eigenvalue weighted by Gasteiger charge is -2.48. The summed E-state index contributed by atoms with van der Waals surface area (Å²) in [5, 5.41) is 10.9. The second kappa shape index (κ2) is 4.57. The number of nitrogens with two attached hydrogens (primary N) is 1. The summed E-state index contributed by atoms with van der Waals surface area (Å²) in [6, 6.07) is 6.05. The number of piperidine rings is 1.